The SMILES string of the molecule is COc1cc(NC(=O)NC2CCN(c3ccc(F)c(C)c3)C2=O)cc(OC)c1. The highest BCUT2D eigenvalue weighted by Gasteiger charge is 2.33. The lowest BCUT2D eigenvalue weighted by atomic mass is 10.2. The minimum absolute atomic E-state index is 0.232. The maximum atomic E-state index is 13.5. The fourth-order valence-electron chi connectivity index (χ4n) is 3.07. The van der Waals surface area contributed by atoms with E-state index in [1.54, 1.807) is 42.2 Å². The summed E-state index contributed by atoms with van der Waals surface area (Å²) in [7, 11) is 3.03. The first-order valence-electron chi connectivity index (χ1n) is 8.79. The molecule has 3 amide bonds. The van der Waals surface area contributed by atoms with Gasteiger partial charge in [-0.1, -0.05) is 0 Å². The molecule has 7 nitrogen and oxygen atoms in total. The molecule has 0 bridgehead atoms. The van der Waals surface area contributed by atoms with Gasteiger partial charge < -0.3 is 25.0 Å². The molecule has 1 unspecified atom stereocenters. The normalized spacial score (nSPS) is 16.1. The molecule has 148 valence electrons. The minimum atomic E-state index is -0.655. The lowest BCUT2D eigenvalue weighted by molar-refractivity contribution is -0.118. The molecule has 0 spiro atoms. The van der Waals surface area contributed by atoms with Crippen LogP contribution < -0.4 is 25.0 Å². The number of aryl methyl sites for hydroxylation is 1. The molecule has 1 fully saturated rings. The van der Waals surface area contributed by atoms with Gasteiger partial charge in [0.1, 0.15) is 23.4 Å². The van der Waals surface area contributed by atoms with Gasteiger partial charge in [0.05, 0.1) is 14.2 Å². The summed E-state index contributed by atoms with van der Waals surface area (Å²) in [6, 6.07) is 8.33. The lowest BCUT2D eigenvalue weighted by Crippen LogP contribution is -2.43. The zero-order valence-corrected chi connectivity index (χ0v) is 15.9. The van der Waals surface area contributed by atoms with Crippen LogP contribution in [-0.2, 0) is 4.79 Å². The number of hydrogen-bond acceptors (Lipinski definition) is 4. The summed E-state index contributed by atoms with van der Waals surface area (Å²) in [5.74, 6) is 0.511. The fraction of sp³-hybridized carbons (Fsp3) is 0.300. The molecule has 0 radical (unpaired) electrons. The largest absolute Gasteiger partial charge is 0.497 e. The van der Waals surface area contributed by atoms with Gasteiger partial charge in [-0.05, 0) is 37.1 Å². The van der Waals surface area contributed by atoms with Crippen LogP contribution in [0.15, 0.2) is 36.4 Å². The Morgan fingerprint density at radius 2 is 1.82 bits per heavy atom. The third kappa shape index (κ3) is 4.16. The Morgan fingerprint density at radius 1 is 1.14 bits per heavy atom. The summed E-state index contributed by atoms with van der Waals surface area (Å²) in [5, 5.41) is 5.36. The van der Waals surface area contributed by atoms with Crippen molar-refractivity contribution in [2.24, 2.45) is 0 Å². The lowest BCUT2D eigenvalue weighted by Gasteiger charge is -2.18. The van der Waals surface area contributed by atoms with Crippen LogP contribution in [0.1, 0.15) is 12.0 Å². The number of carbonyl (C=O) groups excluding carboxylic acids is 2. The fourth-order valence-corrected chi connectivity index (χ4v) is 3.07. The summed E-state index contributed by atoms with van der Waals surface area (Å²) >= 11 is 0. The Balaban J connectivity index is 1.65. The summed E-state index contributed by atoms with van der Waals surface area (Å²) in [6.45, 7) is 2.09. The summed E-state index contributed by atoms with van der Waals surface area (Å²) in [5.41, 5.74) is 1.56. The Labute approximate surface area is 162 Å². The molecular formula is C20H22FN3O4. The second-order valence-electron chi connectivity index (χ2n) is 6.46. The van der Waals surface area contributed by atoms with E-state index in [1.807, 2.05) is 0 Å². The highest BCUT2D eigenvalue weighted by Crippen LogP contribution is 2.26. The number of rotatable bonds is 5. The summed E-state index contributed by atoms with van der Waals surface area (Å²) in [6.07, 6.45) is 0.462. The Bertz CT molecular complexity index is 881. The van der Waals surface area contributed by atoms with Crippen molar-refractivity contribution < 1.29 is 23.5 Å². The van der Waals surface area contributed by atoms with E-state index in [-0.39, 0.29) is 11.7 Å². The quantitative estimate of drug-likeness (QED) is 0.826. The van der Waals surface area contributed by atoms with Crippen LogP contribution in [0.5, 0.6) is 11.5 Å². The van der Waals surface area contributed by atoms with E-state index in [0.717, 1.165) is 0 Å². The van der Waals surface area contributed by atoms with E-state index >= 15 is 0 Å². The molecule has 2 N–H and O–H groups in total. The molecule has 3 rings (SSSR count). The van der Waals surface area contributed by atoms with Crippen molar-refractivity contribution in [1.29, 1.82) is 0 Å². The molecule has 1 heterocycles. The van der Waals surface area contributed by atoms with Crippen molar-refractivity contribution in [3.8, 4) is 11.5 Å². The molecule has 1 aliphatic heterocycles. The predicted molar refractivity (Wildman–Crippen MR) is 104 cm³/mol. The number of nitrogens with one attached hydrogen (secondary N) is 2. The first-order valence-corrected chi connectivity index (χ1v) is 8.79. The number of carbonyl (C=O) groups is 2. The van der Waals surface area contributed by atoms with Crippen LogP contribution in [0, 0.1) is 12.7 Å². The number of amides is 3. The van der Waals surface area contributed by atoms with E-state index in [1.165, 1.54) is 20.3 Å². The molecule has 2 aromatic rings. The zero-order valence-electron chi connectivity index (χ0n) is 15.9. The molecule has 28 heavy (non-hydrogen) atoms. The number of hydrogen-bond donors (Lipinski definition) is 2. The monoisotopic (exact) mass is 387 g/mol. The van der Waals surface area contributed by atoms with E-state index in [9.17, 15) is 14.0 Å². The molecule has 1 atom stereocenters. The van der Waals surface area contributed by atoms with E-state index in [4.69, 9.17) is 9.47 Å². The van der Waals surface area contributed by atoms with Crippen LogP contribution >= 0.6 is 0 Å². The van der Waals surface area contributed by atoms with Gasteiger partial charge in [-0.3, -0.25) is 4.79 Å². The number of methoxy groups -OCH3 is 2. The molecule has 1 saturated heterocycles. The van der Waals surface area contributed by atoms with Gasteiger partial charge in [0.15, 0.2) is 0 Å². The molecule has 1 aliphatic rings. The van der Waals surface area contributed by atoms with E-state index in [0.29, 0.717) is 41.4 Å². The first-order chi connectivity index (χ1) is 13.4. The first kappa shape index (κ1) is 19.5. The van der Waals surface area contributed by atoms with E-state index < -0.39 is 12.1 Å². The Kier molecular flexibility index (Phi) is 5.67. The van der Waals surface area contributed by atoms with Crippen LogP contribution in [0.3, 0.4) is 0 Å². The van der Waals surface area contributed by atoms with Crippen molar-refractivity contribution in [3.05, 3.63) is 47.8 Å². The number of urea groups is 1. The maximum Gasteiger partial charge on any atom is 0.319 e. The second-order valence-corrected chi connectivity index (χ2v) is 6.46. The standard InChI is InChI=1S/C20H22FN3O4/c1-12-8-14(4-5-17(12)21)24-7-6-18(19(24)25)23-20(26)22-13-9-15(27-2)11-16(10-13)28-3/h4-5,8-11,18H,6-7H2,1-3H3,(H2,22,23,26). The van der Waals surface area contributed by atoms with Gasteiger partial charge in [0.2, 0.25) is 5.91 Å². The van der Waals surface area contributed by atoms with Crippen molar-refractivity contribution in [2.45, 2.75) is 19.4 Å². The number of ether oxygens (including phenoxy) is 2. The highest BCUT2D eigenvalue weighted by atomic mass is 19.1. The third-order valence-corrected chi connectivity index (χ3v) is 4.57. The van der Waals surface area contributed by atoms with Gasteiger partial charge in [-0.2, -0.15) is 0 Å². The molecular weight excluding hydrogens is 365 g/mol. The third-order valence-electron chi connectivity index (χ3n) is 4.57. The predicted octanol–water partition coefficient (Wildman–Crippen LogP) is 3.08. The summed E-state index contributed by atoms with van der Waals surface area (Å²) < 4.78 is 23.8. The smallest absolute Gasteiger partial charge is 0.319 e. The number of halogens is 1. The maximum absolute atomic E-state index is 13.5. The Hall–Kier alpha value is -3.29. The number of anilines is 2. The van der Waals surface area contributed by atoms with Gasteiger partial charge in [-0.15, -0.1) is 0 Å². The average molecular weight is 387 g/mol. The Morgan fingerprint density at radius 3 is 2.43 bits per heavy atom. The van der Waals surface area contributed by atoms with Gasteiger partial charge in [0.25, 0.3) is 0 Å². The van der Waals surface area contributed by atoms with Crippen molar-refractivity contribution in [3.63, 3.8) is 0 Å². The van der Waals surface area contributed by atoms with Crippen LogP contribution in [0.2, 0.25) is 0 Å². The zero-order chi connectivity index (χ0) is 20.3. The second kappa shape index (κ2) is 8.16. The molecule has 8 heteroatoms. The van der Waals surface area contributed by atoms with Crippen molar-refractivity contribution in [2.75, 3.05) is 31.0 Å². The van der Waals surface area contributed by atoms with Gasteiger partial charge >= 0.3 is 6.03 Å². The topological polar surface area (TPSA) is 79.9 Å². The van der Waals surface area contributed by atoms with Crippen LogP contribution in [0.4, 0.5) is 20.6 Å². The highest BCUT2D eigenvalue weighted by molar-refractivity contribution is 6.02. The van der Waals surface area contributed by atoms with Crippen molar-refractivity contribution in [1.82, 2.24) is 5.32 Å². The number of nitrogens with zero attached hydrogens (tertiary/aromatic N) is 1. The molecule has 0 aromatic heterocycles. The van der Waals surface area contributed by atoms with Crippen LogP contribution in [0.25, 0.3) is 0 Å². The minimum Gasteiger partial charge on any atom is -0.497 e. The molecule has 2 aromatic carbocycles. The van der Waals surface area contributed by atoms with Gasteiger partial charge in [-0.25, -0.2) is 9.18 Å². The molecule has 0 aliphatic carbocycles. The number of benzene rings is 2. The van der Waals surface area contributed by atoms with Crippen molar-refractivity contribution >= 4 is 23.3 Å². The average Bonchev–Trinajstić information content (AvgIpc) is 3.03. The van der Waals surface area contributed by atoms with E-state index in [2.05, 4.69) is 10.6 Å². The molecule has 0 saturated carbocycles. The van der Waals surface area contributed by atoms with Gasteiger partial charge in [0, 0.05) is 36.1 Å². The van der Waals surface area contributed by atoms with Crippen LogP contribution in [-0.4, -0.2) is 38.7 Å². The summed E-state index contributed by atoms with van der Waals surface area (Å²) in [4.78, 5) is 26.5.